The molecule has 0 bridgehead atoms. The van der Waals surface area contributed by atoms with Crippen molar-refractivity contribution in [2.45, 2.75) is 25.3 Å². The maximum Gasteiger partial charge on any atom is 0.338 e. The summed E-state index contributed by atoms with van der Waals surface area (Å²) in [5.41, 5.74) is 0.393. The van der Waals surface area contributed by atoms with Crippen molar-refractivity contribution < 1.29 is 19.4 Å². The van der Waals surface area contributed by atoms with Crippen LogP contribution in [0.4, 0.5) is 5.82 Å². The molecule has 0 aliphatic heterocycles. The molecule has 1 aromatic heterocycles. The first-order valence-corrected chi connectivity index (χ1v) is 6.15. The first-order chi connectivity index (χ1) is 9.11. The van der Waals surface area contributed by atoms with Crippen molar-refractivity contribution in [2.75, 3.05) is 12.4 Å². The van der Waals surface area contributed by atoms with E-state index in [9.17, 15) is 9.59 Å². The second-order valence-corrected chi connectivity index (χ2v) is 4.55. The Kier molecular flexibility index (Phi) is 3.99. The fraction of sp³-hybridized carbons (Fsp3) is 0.462. The lowest BCUT2D eigenvalue weighted by molar-refractivity contribution is -0.141. The maximum absolute atomic E-state index is 11.4. The summed E-state index contributed by atoms with van der Waals surface area (Å²) >= 11 is 0. The summed E-state index contributed by atoms with van der Waals surface area (Å²) in [6.45, 7) is 0. The topological polar surface area (TPSA) is 88.5 Å². The summed E-state index contributed by atoms with van der Waals surface area (Å²) in [7, 11) is 1.31. The molecule has 6 nitrogen and oxygen atoms in total. The minimum Gasteiger partial charge on any atom is -0.481 e. The molecule has 19 heavy (non-hydrogen) atoms. The first-order valence-electron chi connectivity index (χ1n) is 6.15. The number of carboxylic acids is 1. The number of pyridine rings is 1. The zero-order valence-corrected chi connectivity index (χ0v) is 10.6. The summed E-state index contributed by atoms with van der Waals surface area (Å²) in [6, 6.07) is 2.99. The van der Waals surface area contributed by atoms with Crippen molar-refractivity contribution in [3.63, 3.8) is 0 Å². The molecule has 102 valence electrons. The van der Waals surface area contributed by atoms with E-state index in [-0.39, 0.29) is 6.04 Å². The van der Waals surface area contributed by atoms with Crippen molar-refractivity contribution in [3.8, 4) is 0 Å². The van der Waals surface area contributed by atoms with Gasteiger partial charge in [-0.3, -0.25) is 4.79 Å². The van der Waals surface area contributed by atoms with E-state index in [4.69, 9.17) is 5.11 Å². The predicted octanol–water partition coefficient (Wildman–Crippen LogP) is 1.53. The van der Waals surface area contributed by atoms with Gasteiger partial charge in [0.05, 0.1) is 18.6 Å². The first kappa shape index (κ1) is 13.3. The van der Waals surface area contributed by atoms with Gasteiger partial charge >= 0.3 is 11.9 Å². The summed E-state index contributed by atoms with van der Waals surface area (Å²) in [5, 5.41) is 12.2. The number of nitrogens with one attached hydrogen (secondary N) is 1. The summed E-state index contributed by atoms with van der Waals surface area (Å²) in [4.78, 5) is 26.6. The van der Waals surface area contributed by atoms with Crippen LogP contribution < -0.4 is 5.32 Å². The number of anilines is 1. The lowest BCUT2D eigenvalue weighted by Crippen LogP contribution is -2.30. The van der Waals surface area contributed by atoms with Gasteiger partial charge in [-0.25, -0.2) is 9.78 Å². The molecule has 1 aliphatic rings. The molecule has 2 atom stereocenters. The van der Waals surface area contributed by atoms with Crippen LogP contribution in [-0.2, 0) is 9.53 Å². The Morgan fingerprint density at radius 3 is 2.95 bits per heavy atom. The molecular formula is C13H16N2O4. The molecule has 6 heteroatoms. The number of nitrogens with zero attached hydrogens (tertiary/aromatic N) is 1. The molecule has 1 saturated carbocycles. The Morgan fingerprint density at radius 2 is 2.26 bits per heavy atom. The van der Waals surface area contributed by atoms with Crippen LogP contribution in [0.25, 0.3) is 0 Å². The number of carboxylic acid groups (broad SMARTS) is 1. The third-order valence-corrected chi connectivity index (χ3v) is 3.35. The zero-order chi connectivity index (χ0) is 13.8. The zero-order valence-electron chi connectivity index (χ0n) is 10.6. The Morgan fingerprint density at radius 1 is 1.47 bits per heavy atom. The Labute approximate surface area is 110 Å². The fourth-order valence-electron chi connectivity index (χ4n) is 2.37. The van der Waals surface area contributed by atoms with Crippen LogP contribution in [0.5, 0.6) is 0 Å². The van der Waals surface area contributed by atoms with Crippen LogP contribution in [0.3, 0.4) is 0 Å². The largest absolute Gasteiger partial charge is 0.481 e. The van der Waals surface area contributed by atoms with Gasteiger partial charge < -0.3 is 15.2 Å². The molecule has 1 aromatic rings. The van der Waals surface area contributed by atoms with E-state index in [2.05, 4.69) is 15.0 Å². The summed E-state index contributed by atoms with van der Waals surface area (Å²) in [5.74, 6) is -1.13. The highest BCUT2D eigenvalue weighted by atomic mass is 16.5. The number of carbonyl (C=O) groups is 2. The van der Waals surface area contributed by atoms with Gasteiger partial charge in [-0.2, -0.15) is 0 Å². The van der Waals surface area contributed by atoms with Gasteiger partial charge in [-0.1, -0.05) is 6.42 Å². The minimum absolute atomic E-state index is 0.141. The number of aliphatic carboxylic acids is 1. The molecule has 0 aromatic carbocycles. The molecule has 1 aliphatic carbocycles. The predicted molar refractivity (Wildman–Crippen MR) is 68.0 cm³/mol. The lowest BCUT2D eigenvalue weighted by atomic mass is 10.0. The Balaban J connectivity index is 2.10. The smallest absolute Gasteiger partial charge is 0.338 e. The number of hydrogen-bond acceptors (Lipinski definition) is 5. The van der Waals surface area contributed by atoms with Gasteiger partial charge in [0.15, 0.2) is 0 Å². The number of hydrogen-bond donors (Lipinski definition) is 2. The highest BCUT2D eigenvalue weighted by molar-refractivity contribution is 5.90. The SMILES string of the molecule is COC(=O)c1ccnc(NC2CCCC2C(=O)O)c1. The molecule has 2 rings (SSSR count). The molecular weight excluding hydrogens is 248 g/mol. The number of rotatable bonds is 4. The third-order valence-electron chi connectivity index (χ3n) is 3.35. The molecule has 0 saturated heterocycles. The Hall–Kier alpha value is -2.11. The fourth-order valence-corrected chi connectivity index (χ4v) is 2.37. The average Bonchev–Trinajstić information content (AvgIpc) is 2.86. The standard InChI is InChI=1S/C13H16N2O4/c1-19-13(18)8-5-6-14-11(7-8)15-10-4-2-3-9(10)12(16)17/h5-7,9-10H,2-4H2,1H3,(H,14,15)(H,16,17). The van der Waals surface area contributed by atoms with E-state index >= 15 is 0 Å². The number of esters is 1. The van der Waals surface area contributed by atoms with Crippen molar-refractivity contribution in [1.82, 2.24) is 4.98 Å². The van der Waals surface area contributed by atoms with Gasteiger partial charge in [0.25, 0.3) is 0 Å². The van der Waals surface area contributed by atoms with E-state index in [1.54, 1.807) is 12.1 Å². The van der Waals surface area contributed by atoms with Crippen LogP contribution in [0.1, 0.15) is 29.6 Å². The average molecular weight is 264 g/mol. The van der Waals surface area contributed by atoms with Gasteiger partial charge in [-0.05, 0) is 25.0 Å². The second-order valence-electron chi connectivity index (χ2n) is 4.55. The highest BCUT2D eigenvalue weighted by Gasteiger charge is 2.33. The number of carbonyl (C=O) groups excluding carboxylic acids is 1. The van der Waals surface area contributed by atoms with Gasteiger partial charge in [-0.15, -0.1) is 0 Å². The lowest BCUT2D eigenvalue weighted by Gasteiger charge is -2.18. The molecule has 1 heterocycles. The Bertz CT molecular complexity index is 489. The van der Waals surface area contributed by atoms with E-state index < -0.39 is 17.9 Å². The monoisotopic (exact) mass is 264 g/mol. The van der Waals surface area contributed by atoms with Gasteiger partial charge in [0.1, 0.15) is 5.82 Å². The molecule has 2 unspecified atom stereocenters. The van der Waals surface area contributed by atoms with E-state index in [1.165, 1.54) is 13.3 Å². The van der Waals surface area contributed by atoms with E-state index in [1.807, 2.05) is 0 Å². The van der Waals surface area contributed by atoms with E-state index in [0.717, 1.165) is 12.8 Å². The van der Waals surface area contributed by atoms with Gasteiger partial charge in [0.2, 0.25) is 0 Å². The van der Waals surface area contributed by atoms with Crippen LogP contribution in [0, 0.1) is 5.92 Å². The molecule has 0 amide bonds. The normalized spacial score (nSPS) is 21.9. The van der Waals surface area contributed by atoms with Crippen molar-refractivity contribution in [1.29, 1.82) is 0 Å². The maximum atomic E-state index is 11.4. The second kappa shape index (κ2) is 5.69. The summed E-state index contributed by atoms with van der Waals surface area (Å²) < 4.78 is 4.63. The molecule has 1 fully saturated rings. The van der Waals surface area contributed by atoms with E-state index in [0.29, 0.717) is 17.8 Å². The van der Waals surface area contributed by atoms with Gasteiger partial charge in [0, 0.05) is 12.2 Å². The molecule has 0 radical (unpaired) electrons. The third kappa shape index (κ3) is 3.01. The van der Waals surface area contributed by atoms with Crippen LogP contribution in [0.2, 0.25) is 0 Å². The van der Waals surface area contributed by atoms with Crippen molar-refractivity contribution in [3.05, 3.63) is 23.9 Å². The number of ether oxygens (including phenoxy) is 1. The van der Waals surface area contributed by atoms with Crippen molar-refractivity contribution >= 4 is 17.8 Å². The van der Waals surface area contributed by atoms with Crippen LogP contribution in [-0.4, -0.2) is 35.2 Å². The minimum atomic E-state index is -0.792. The molecule has 0 spiro atoms. The number of aromatic nitrogens is 1. The summed E-state index contributed by atoms with van der Waals surface area (Å²) in [6.07, 6.45) is 3.84. The quantitative estimate of drug-likeness (QED) is 0.802. The van der Waals surface area contributed by atoms with Crippen LogP contribution in [0.15, 0.2) is 18.3 Å². The van der Waals surface area contributed by atoms with Crippen molar-refractivity contribution in [2.24, 2.45) is 5.92 Å². The molecule has 2 N–H and O–H groups in total. The van der Waals surface area contributed by atoms with Crippen LogP contribution >= 0.6 is 0 Å². The number of methoxy groups -OCH3 is 1. The highest BCUT2D eigenvalue weighted by Crippen LogP contribution is 2.28.